The molecule has 8 nitrogen and oxygen atoms in total. The zero-order valence-electron chi connectivity index (χ0n) is 16.3. The number of aromatic nitrogens is 2. The zero-order valence-corrected chi connectivity index (χ0v) is 16.3. The number of piperazine rings is 1. The Morgan fingerprint density at radius 1 is 1.21 bits per heavy atom. The van der Waals surface area contributed by atoms with Gasteiger partial charge in [-0.05, 0) is 38.7 Å². The molecule has 8 heteroatoms. The highest BCUT2D eigenvalue weighted by Crippen LogP contribution is 2.38. The normalized spacial score (nSPS) is 23.9. The van der Waals surface area contributed by atoms with Crippen molar-refractivity contribution in [3.05, 3.63) is 29.7 Å². The summed E-state index contributed by atoms with van der Waals surface area (Å²) in [5, 5.41) is 12.8. The lowest BCUT2D eigenvalue weighted by Crippen LogP contribution is -2.57. The van der Waals surface area contributed by atoms with Gasteiger partial charge in [-0.25, -0.2) is 0 Å². The fraction of sp³-hybridized carbons (Fsp3) is 0.550. The number of hydrogen-bond acceptors (Lipinski definition) is 5. The molecular weight excluding hydrogens is 356 g/mol. The number of fused-ring (bicyclic) bond motifs is 2. The summed E-state index contributed by atoms with van der Waals surface area (Å²) in [6.45, 7) is 3.36. The maximum Gasteiger partial charge on any atom is 0.226 e. The van der Waals surface area contributed by atoms with E-state index in [-0.39, 0.29) is 18.0 Å². The van der Waals surface area contributed by atoms with Crippen molar-refractivity contribution in [3.63, 3.8) is 0 Å². The average molecular weight is 382 g/mol. The molecule has 3 fully saturated rings. The topological polar surface area (TPSA) is 90.4 Å². The number of carbonyl (C=O) groups excluding carboxylic acids is 1. The van der Waals surface area contributed by atoms with Crippen LogP contribution in [0.2, 0.25) is 0 Å². The molecule has 2 N–H and O–H groups in total. The van der Waals surface area contributed by atoms with Gasteiger partial charge in [0.05, 0.1) is 5.69 Å². The van der Waals surface area contributed by atoms with Crippen LogP contribution in [0.5, 0.6) is 0 Å². The van der Waals surface area contributed by atoms with Crippen LogP contribution in [-0.4, -0.2) is 63.6 Å². The Hall–Kier alpha value is -2.77. The molecule has 148 valence electrons. The van der Waals surface area contributed by atoms with E-state index in [0.717, 1.165) is 55.7 Å². The van der Waals surface area contributed by atoms with Crippen LogP contribution in [0.3, 0.4) is 0 Å². The number of carbonyl (C=O) groups is 1. The molecule has 3 aliphatic rings. The Morgan fingerprint density at radius 3 is 2.50 bits per heavy atom. The van der Waals surface area contributed by atoms with Gasteiger partial charge in [-0.3, -0.25) is 14.9 Å². The summed E-state index contributed by atoms with van der Waals surface area (Å²) in [7, 11) is 1.84. The van der Waals surface area contributed by atoms with Gasteiger partial charge in [0.2, 0.25) is 5.91 Å². The Balaban J connectivity index is 1.37. The number of likely N-dealkylation sites (tertiary alicyclic amines) is 1. The summed E-state index contributed by atoms with van der Waals surface area (Å²) in [4.78, 5) is 16.9. The minimum Gasteiger partial charge on any atom is -0.356 e. The van der Waals surface area contributed by atoms with Crippen LogP contribution < -0.4 is 5.43 Å². The first-order valence-corrected chi connectivity index (χ1v) is 10.0. The van der Waals surface area contributed by atoms with Gasteiger partial charge < -0.3 is 19.7 Å². The maximum absolute atomic E-state index is 12.7. The lowest BCUT2D eigenvalue weighted by atomic mass is 10.1. The highest BCUT2D eigenvalue weighted by atomic mass is 16.5. The highest BCUT2D eigenvalue weighted by molar-refractivity contribution is 5.96. The Morgan fingerprint density at radius 2 is 1.93 bits per heavy atom. The van der Waals surface area contributed by atoms with Gasteiger partial charge in [0, 0.05) is 56.0 Å². The van der Waals surface area contributed by atoms with Crippen molar-refractivity contribution in [3.8, 4) is 11.3 Å². The standard InChI is InChI=1S/C20H26N6O2/c1-12-7-18(28-23-12)14-8-17(25(9-14)22-2)19(21)24-10-15-5-6-16(11-24)26(15)20(27)13-3-4-13/h7-9,13,15-16,21-22H,3-6,10-11H2,1-2H3. The molecule has 5 rings (SSSR count). The quantitative estimate of drug-likeness (QED) is 0.624. The molecule has 28 heavy (non-hydrogen) atoms. The molecule has 2 aliphatic heterocycles. The first kappa shape index (κ1) is 17.3. The van der Waals surface area contributed by atoms with Crippen molar-refractivity contribution in [1.29, 1.82) is 5.41 Å². The minimum atomic E-state index is 0.238. The first-order valence-electron chi connectivity index (χ1n) is 10.0. The van der Waals surface area contributed by atoms with E-state index in [9.17, 15) is 4.79 Å². The molecule has 1 saturated carbocycles. The predicted molar refractivity (Wildman–Crippen MR) is 105 cm³/mol. The highest BCUT2D eigenvalue weighted by Gasteiger charge is 2.47. The van der Waals surface area contributed by atoms with E-state index >= 15 is 0 Å². The molecule has 1 aliphatic carbocycles. The average Bonchev–Trinajstić information content (AvgIpc) is 3.22. The molecule has 2 aromatic rings. The van der Waals surface area contributed by atoms with Crippen LogP contribution in [0.4, 0.5) is 0 Å². The molecular formula is C20H26N6O2. The number of amidine groups is 1. The van der Waals surface area contributed by atoms with Crippen LogP contribution in [0.15, 0.2) is 22.9 Å². The lowest BCUT2D eigenvalue weighted by molar-refractivity contribution is -0.137. The Labute approximate surface area is 163 Å². The van der Waals surface area contributed by atoms with Crippen LogP contribution >= 0.6 is 0 Å². The van der Waals surface area contributed by atoms with Crippen LogP contribution in [0, 0.1) is 18.3 Å². The summed E-state index contributed by atoms with van der Waals surface area (Å²) < 4.78 is 7.23. The van der Waals surface area contributed by atoms with Crippen LogP contribution in [0.1, 0.15) is 37.1 Å². The number of nitrogens with one attached hydrogen (secondary N) is 2. The van der Waals surface area contributed by atoms with Crippen LogP contribution in [-0.2, 0) is 4.79 Å². The van der Waals surface area contributed by atoms with E-state index in [1.165, 1.54) is 0 Å². The molecule has 0 radical (unpaired) electrons. The van der Waals surface area contributed by atoms with Gasteiger partial charge in [-0.1, -0.05) is 5.16 Å². The molecule has 2 saturated heterocycles. The molecule has 2 bridgehead atoms. The van der Waals surface area contributed by atoms with E-state index in [1.54, 1.807) is 0 Å². The first-order chi connectivity index (χ1) is 13.5. The summed E-state index contributed by atoms with van der Waals surface area (Å²) in [6.07, 6.45) is 6.11. The summed E-state index contributed by atoms with van der Waals surface area (Å²) in [6, 6.07) is 4.33. The molecule has 2 aromatic heterocycles. The third-order valence-electron chi connectivity index (χ3n) is 6.20. The molecule has 4 heterocycles. The van der Waals surface area contributed by atoms with Gasteiger partial charge in [0.25, 0.3) is 0 Å². The van der Waals surface area contributed by atoms with Crippen molar-refractivity contribution < 1.29 is 9.32 Å². The number of aryl methyl sites for hydroxylation is 1. The van der Waals surface area contributed by atoms with Crippen molar-refractivity contribution in [2.24, 2.45) is 5.92 Å². The molecule has 2 unspecified atom stereocenters. The zero-order chi connectivity index (χ0) is 19.4. The maximum atomic E-state index is 12.7. The van der Waals surface area contributed by atoms with E-state index in [1.807, 2.05) is 37.0 Å². The second-order valence-corrected chi connectivity index (χ2v) is 8.20. The van der Waals surface area contributed by atoms with E-state index in [2.05, 4.69) is 20.4 Å². The second kappa shape index (κ2) is 6.39. The largest absolute Gasteiger partial charge is 0.356 e. The summed E-state index contributed by atoms with van der Waals surface area (Å²) in [5.41, 5.74) is 5.63. The smallest absolute Gasteiger partial charge is 0.226 e. The number of rotatable bonds is 4. The van der Waals surface area contributed by atoms with Crippen molar-refractivity contribution >= 4 is 11.7 Å². The Kier molecular flexibility index (Phi) is 3.96. The second-order valence-electron chi connectivity index (χ2n) is 8.20. The summed E-state index contributed by atoms with van der Waals surface area (Å²) >= 11 is 0. The Bertz CT molecular complexity index is 913. The molecule has 1 amide bonds. The van der Waals surface area contributed by atoms with Gasteiger partial charge >= 0.3 is 0 Å². The molecule has 2 atom stereocenters. The van der Waals surface area contributed by atoms with E-state index in [0.29, 0.717) is 17.5 Å². The summed E-state index contributed by atoms with van der Waals surface area (Å²) in [5.74, 6) is 1.79. The molecule has 0 spiro atoms. The van der Waals surface area contributed by atoms with E-state index < -0.39 is 0 Å². The minimum absolute atomic E-state index is 0.238. The van der Waals surface area contributed by atoms with Gasteiger partial charge in [0.1, 0.15) is 11.5 Å². The third kappa shape index (κ3) is 2.78. The third-order valence-corrected chi connectivity index (χ3v) is 6.20. The molecule has 0 aromatic carbocycles. The number of hydrogen-bond donors (Lipinski definition) is 2. The lowest BCUT2D eigenvalue weighted by Gasteiger charge is -2.42. The van der Waals surface area contributed by atoms with Gasteiger partial charge in [-0.2, -0.15) is 0 Å². The van der Waals surface area contributed by atoms with Crippen molar-refractivity contribution in [2.75, 3.05) is 25.6 Å². The number of amides is 1. The van der Waals surface area contributed by atoms with Gasteiger partial charge in [0.15, 0.2) is 5.76 Å². The fourth-order valence-corrected chi connectivity index (χ4v) is 4.61. The predicted octanol–water partition coefficient (Wildman–Crippen LogP) is 2.04. The van der Waals surface area contributed by atoms with E-state index in [4.69, 9.17) is 9.93 Å². The van der Waals surface area contributed by atoms with Crippen LogP contribution in [0.25, 0.3) is 11.3 Å². The van der Waals surface area contributed by atoms with Gasteiger partial charge in [-0.15, -0.1) is 0 Å². The fourth-order valence-electron chi connectivity index (χ4n) is 4.61. The SMILES string of the molecule is CNn1cc(-c2cc(C)no2)cc1C(=N)N1CC2CCC(C1)N2C(=O)C1CC1. The van der Waals surface area contributed by atoms with Crippen molar-refractivity contribution in [1.82, 2.24) is 19.6 Å². The monoisotopic (exact) mass is 382 g/mol. The van der Waals surface area contributed by atoms with Crippen molar-refractivity contribution in [2.45, 2.75) is 44.7 Å². The number of nitrogens with zero attached hydrogens (tertiary/aromatic N) is 4.